The molecule has 0 bridgehead atoms. The Morgan fingerprint density at radius 3 is 2.48 bits per heavy atom. The molecule has 0 unspecified atom stereocenters. The first-order chi connectivity index (χ1) is 13.5. The highest BCUT2D eigenvalue weighted by molar-refractivity contribution is 7.92. The first-order valence-electron chi connectivity index (χ1n) is 9.32. The first kappa shape index (κ1) is 21.1. The molecule has 0 fully saturated rings. The third-order valence-corrected chi connectivity index (χ3v) is 6.10. The quantitative estimate of drug-likeness (QED) is 0.805. The van der Waals surface area contributed by atoms with Crippen molar-refractivity contribution in [2.24, 2.45) is 0 Å². The van der Waals surface area contributed by atoms with E-state index in [2.05, 4.69) is 5.32 Å². The molecule has 1 heterocycles. The third-order valence-electron chi connectivity index (χ3n) is 4.87. The second-order valence-corrected chi connectivity index (χ2v) is 9.71. The Balaban J connectivity index is 1.90. The van der Waals surface area contributed by atoms with Gasteiger partial charge in [-0.05, 0) is 39.0 Å². The summed E-state index contributed by atoms with van der Waals surface area (Å²) in [5, 5.41) is 2.92. The summed E-state index contributed by atoms with van der Waals surface area (Å²) >= 11 is 0. The van der Waals surface area contributed by atoms with E-state index in [4.69, 9.17) is 4.74 Å². The normalized spacial score (nSPS) is 18.9. The van der Waals surface area contributed by atoms with Crippen LogP contribution in [-0.4, -0.2) is 32.2 Å². The van der Waals surface area contributed by atoms with Crippen molar-refractivity contribution >= 4 is 21.6 Å². The Bertz CT molecular complexity index is 1020. The second-order valence-electron chi connectivity index (χ2n) is 7.85. The number of hydrogen-bond donors (Lipinski definition) is 1. The van der Waals surface area contributed by atoms with E-state index in [0.29, 0.717) is 12.2 Å². The van der Waals surface area contributed by atoms with Gasteiger partial charge < -0.3 is 10.1 Å². The van der Waals surface area contributed by atoms with Gasteiger partial charge in [-0.2, -0.15) is 0 Å². The number of rotatable bonds is 5. The van der Waals surface area contributed by atoms with Crippen molar-refractivity contribution in [1.29, 1.82) is 0 Å². The van der Waals surface area contributed by atoms with E-state index in [9.17, 15) is 17.6 Å². The second kappa shape index (κ2) is 7.67. The molecular weight excluding hydrogens is 395 g/mol. The number of anilines is 1. The number of fused-ring (bicyclic) bond motifs is 1. The van der Waals surface area contributed by atoms with Gasteiger partial charge in [0.25, 0.3) is 0 Å². The first-order valence-corrected chi connectivity index (χ1v) is 11.2. The number of carbonyl (C=O) groups excluding carboxylic acids is 1. The van der Waals surface area contributed by atoms with E-state index in [0.717, 1.165) is 22.2 Å². The van der Waals surface area contributed by atoms with Crippen LogP contribution in [0.2, 0.25) is 0 Å². The SMILES string of the molecule is C[C@@H](C(=O)N[C@H]1CC(C)(C)Oc2ccccc21)N(c1ccccc1F)S(C)(=O)=O. The maximum atomic E-state index is 14.3. The molecule has 2 aromatic rings. The Labute approximate surface area is 170 Å². The molecule has 29 heavy (non-hydrogen) atoms. The largest absolute Gasteiger partial charge is 0.487 e. The molecule has 1 amide bonds. The minimum Gasteiger partial charge on any atom is -0.487 e. The smallest absolute Gasteiger partial charge is 0.244 e. The van der Waals surface area contributed by atoms with Gasteiger partial charge in [0.1, 0.15) is 23.2 Å². The monoisotopic (exact) mass is 420 g/mol. The van der Waals surface area contributed by atoms with Gasteiger partial charge in [0, 0.05) is 12.0 Å². The number of nitrogens with one attached hydrogen (secondary N) is 1. The Morgan fingerprint density at radius 1 is 1.21 bits per heavy atom. The van der Waals surface area contributed by atoms with Crippen LogP contribution >= 0.6 is 0 Å². The predicted octanol–water partition coefficient (Wildman–Crippen LogP) is 3.40. The number of amides is 1. The molecule has 0 aliphatic carbocycles. The molecule has 0 spiro atoms. The summed E-state index contributed by atoms with van der Waals surface area (Å²) in [4.78, 5) is 13.0. The molecule has 6 nitrogen and oxygen atoms in total. The highest BCUT2D eigenvalue weighted by Crippen LogP contribution is 2.39. The number of sulfonamides is 1. The molecule has 156 valence electrons. The van der Waals surface area contributed by atoms with Gasteiger partial charge in [0.2, 0.25) is 15.9 Å². The lowest BCUT2D eigenvalue weighted by atomic mass is 9.89. The summed E-state index contributed by atoms with van der Waals surface area (Å²) in [6.07, 6.45) is 1.47. The van der Waals surface area contributed by atoms with Crippen LogP contribution in [0.5, 0.6) is 5.75 Å². The zero-order valence-electron chi connectivity index (χ0n) is 16.8. The molecule has 0 aromatic heterocycles. The molecule has 8 heteroatoms. The zero-order chi connectivity index (χ0) is 21.4. The molecule has 2 atom stereocenters. The average molecular weight is 421 g/mol. The van der Waals surface area contributed by atoms with Crippen LogP contribution in [0.15, 0.2) is 48.5 Å². The van der Waals surface area contributed by atoms with E-state index in [1.165, 1.54) is 25.1 Å². The van der Waals surface area contributed by atoms with Crippen LogP contribution in [-0.2, 0) is 14.8 Å². The van der Waals surface area contributed by atoms with Gasteiger partial charge >= 0.3 is 0 Å². The summed E-state index contributed by atoms with van der Waals surface area (Å²) in [6.45, 7) is 5.29. The van der Waals surface area contributed by atoms with Crippen molar-refractivity contribution in [3.05, 3.63) is 59.9 Å². The number of ether oxygens (including phenoxy) is 1. The average Bonchev–Trinajstić information content (AvgIpc) is 2.61. The Morgan fingerprint density at radius 2 is 1.83 bits per heavy atom. The third kappa shape index (κ3) is 4.53. The van der Waals surface area contributed by atoms with E-state index in [-0.39, 0.29) is 11.7 Å². The fourth-order valence-electron chi connectivity index (χ4n) is 3.63. The van der Waals surface area contributed by atoms with Crippen molar-refractivity contribution in [3.63, 3.8) is 0 Å². The van der Waals surface area contributed by atoms with Crippen LogP contribution < -0.4 is 14.4 Å². The summed E-state index contributed by atoms with van der Waals surface area (Å²) < 4.78 is 45.8. The van der Waals surface area contributed by atoms with Crippen LogP contribution in [0.3, 0.4) is 0 Å². The fraction of sp³-hybridized carbons (Fsp3) is 0.381. The minimum atomic E-state index is -3.90. The highest BCUT2D eigenvalue weighted by Gasteiger charge is 2.37. The molecule has 0 saturated carbocycles. The zero-order valence-corrected chi connectivity index (χ0v) is 17.7. The Hall–Kier alpha value is -2.61. The van der Waals surface area contributed by atoms with Crippen LogP contribution in [0.1, 0.15) is 38.8 Å². The predicted molar refractivity (Wildman–Crippen MR) is 110 cm³/mol. The van der Waals surface area contributed by atoms with Crippen molar-refractivity contribution in [2.45, 2.75) is 44.9 Å². The molecule has 2 aromatic carbocycles. The van der Waals surface area contributed by atoms with E-state index >= 15 is 0 Å². The van der Waals surface area contributed by atoms with Gasteiger partial charge in [0.15, 0.2) is 0 Å². The molecule has 0 saturated heterocycles. The number of hydrogen-bond acceptors (Lipinski definition) is 4. The molecule has 3 rings (SSSR count). The number of benzene rings is 2. The minimum absolute atomic E-state index is 0.162. The number of nitrogens with zero attached hydrogens (tertiary/aromatic N) is 1. The topological polar surface area (TPSA) is 75.7 Å². The lowest BCUT2D eigenvalue weighted by Crippen LogP contribution is -2.50. The van der Waals surface area contributed by atoms with Crippen LogP contribution in [0.25, 0.3) is 0 Å². The van der Waals surface area contributed by atoms with Gasteiger partial charge in [0.05, 0.1) is 18.0 Å². The highest BCUT2D eigenvalue weighted by atomic mass is 32.2. The van der Waals surface area contributed by atoms with Crippen LogP contribution in [0.4, 0.5) is 10.1 Å². The summed E-state index contributed by atoms with van der Waals surface area (Å²) in [5.74, 6) is -0.554. The number of halogens is 1. The maximum absolute atomic E-state index is 14.3. The molecule has 1 aliphatic heterocycles. The number of carbonyl (C=O) groups is 1. The maximum Gasteiger partial charge on any atom is 0.244 e. The molecule has 1 N–H and O–H groups in total. The molecule has 0 radical (unpaired) electrons. The van der Waals surface area contributed by atoms with E-state index in [1.807, 2.05) is 38.1 Å². The molecule has 1 aliphatic rings. The standard InChI is InChI=1S/C21H25FN2O4S/c1-14(24(29(4,26)27)18-11-7-6-10-16(18)22)20(25)23-17-13-21(2,3)28-19-12-8-5-9-15(17)19/h5-12,14,17H,13H2,1-4H3,(H,23,25)/t14-,17-/m0/s1. The van der Waals surface area contributed by atoms with Crippen molar-refractivity contribution in [3.8, 4) is 5.75 Å². The van der Waals surface area contributed by atoms with E-state index < -0.39 is 33.4 Å². The van der Waals surface area contributed by atoms with Gasteiger partial charge in [-0.25, -0.2) is 12.8 Å². The van der Waals surface area contributed by atoms with Crippen molar-refractivity contribution in [1.82, 2.24) is 5.32 Å². The van der Waals surface area contributed by atoms with Gasteiger partial charge in [-0.15, -0.1) is 0 Å². The lowest BCUT2D eigenvalue weighted by molar-refractivity contribution is -0.123. The van der Waals surface area contributed by atoms with Gasteiger partial charge in [-0.3, -0.25) is 9.10 Å². The summed E-state index contributed by atoms with van der Waals surface area (Å²) in [7, 11) is -3.90. The van der Waals surface area contributed by atoms with E-state index in [1.54, 1.807) is 0 Å². The number of para-hydroxylation sites is 2. The Kier molecular flexibility index (Phi) is 5.58. The summed E-state index contributed by atoms with van der Waals surface area (Å²) in [6, 6.07) is 11.4. The van der Waals surface area contributed by atoms with Crippen molar-refractivity contribution in [2.75, 3.05) is 10.6 Å². The van der Waals surface area contributed by atoms with Crippen molar-refractivity contribution < 1.29 is 22.3 Å². The summed E-state index contributed by atoms with van der Waals surface area (Å²) in [5.41, 5.74) is 0.159. The van der Waals surface area contributed by atoms with Gasteiger partial charge in [-0.1, -0.05) is 30.3 Å². The fourth-order valence-corrected chi connectivity index (χ4v) is 4.81. The lowest BCUT2D eigenvalue weighted by Gasteiger charge is -2.38. The van der Waals surface area contributed by atoms with Crippen LogP contribution in [0, 0.1) is 5.82 Å². The molecular formula is C21H25FN2O4S.